The summed E-state index contributed by atoms with van der Waals surface area (Å²) in [6.45, 7) is 0. The molecule has 2 aromatic rings. The monoisotopic (exact) mass is 220 g/mol. The first-order chi connectivity index (χ1) is 7.66. The van der Waals surface area contributed by atoms with Crippen molar-refractivity contribution in [2.45, 2.75) is 0 Å². The summed E-state index contributed by atoms with van der Waals surface area (Å²) in [5.74, 6) is -0.841. The van der Waals surface area contributed by atoms with Gasteiger partial charge in [-0.05, 0) is 12.1 Å². The lowest BCUT2D eigenvalue weighted by Crippen LogP contribution is -2.16. The normalized spacial score (nSPS) is 10.1. The summed E-state index contributed by atoms with van der Waals surface area (Å²) in [4.78, 5) is 19.0. The Bertz CT molecular complexity index is 523. The molecular weight excluding hydrogens is 211 g/mol. The fourth-order valence-electron chi connectivity index (χ4n) is 1.23. The van der Waals surface area contributed by atoms with E-state index in [1.54, 1.807) is 11.6 Å². The Hall–Kier alpha value is -2.24. The Balaban J connectivity index is 2.17. The van der Waals surface area contributed by atoms with Crippen molar-refractivity contribution in [3.05, 3.63) is 42.4 Å². The number of carbonyl (C=O) groups is 1. The van der Waals surface area contributed by atoms with E-state index >= 15 is 0 Å². The molecule has 16 heavy (non-hydrogen) atoms. The smallest absolute Gasteiger partial charge is 0.275 e. The molecule has 5 nitrogen and oxygen atoms in total. The third-order valence-electron chi connectivity index (χ3n) is 2.01. The van der Waals surface area contributed by atoms with Gasteiger partial charge in [0.1, 0.15) is 11.5 Å². The number of aryl methyl sites for hydroxylation is 1. The van der Waals surface area contributed by atoms with E-state index in [9.17, 15) is 9.18 Å². The summed E-state index contributed by atoms with van der Waals surface area (Å²) in [5, 5.41) is 2.48. The molecule has 0 aliphatic carbocycles. The number of hydrogen-bond donors (Lipinski definition) is 1. The van der Waals surface area contributed by atoms with E-state index in [0.717, 1.165) is 0 Å². The molecular formula is C10H9FN4O. The Morgan fingerprint density at radius 2 is 2.31 bits per heavy atom. The highest BCUT2D eigenvalue weighted by atomic mass is 19.1. The Labute approximate surface area is 91.0 Å². The van der Waals surface area contributed by atoms with Gasteiger partial charge in [-0.2, -0.15) is 4.39 Å². The number of nitrogens with zero attached hydrogens (tertiary/aromatic N) is 3. The third kappa shape index (κ3) is 2.05. The molecule has 0 aliphatic rings. The molecule has 0 fully saturated rings. The summed E-state index contributed by atoms with van der Waals surface area (Å²) in [6.07, 6.45) is 2.93. The molecule has 1 N–H and O–H groups in total. The number of aromatic nitrogens is 3. The fourth-order valence-corrected chi connectivity index (χ4v) is 1.23. The molecule has 0 saturated heterocycles. The summed E-state index contributed by atoms with van der Waals surface area (Å²) in [6, 6.07) is 4.19. The van der Waals surface area contributed by atoms with Crippen LogP contribution >= 0.6 is 0 Å². The van der Waals surface area contributed by atoms with Crippen molar-refractivity contribution in [3.8, 4) is 0 Å². The second kappa shape index (κ2) is 4.09. The van der Waals surface area contributed by atoms with E-state index in [1.165, 1.54) is 30.7 Å². The van der Waals surface area contributed by atoms with Crippen molar-refractivity contribution in [2.75, 3.05) is 5.32 Å². The minimum Gasteiger partial charge on any atom is -0.330 e. The van der Waals surface area contributed by atoms with E-state index in [2.05, 4.69) is 15.3 Å². The number of nitrogens with one attached hydrogen (secondary N) is 1. The zero-order valence-corrected chi connectivity index (χ0v) is 8.51. The van der Waals surface area contributed by atoms with Gasteiger partial charge in [-0.1, -0.05) is 6.07 Å². The van der Waals surface area contributed by atoms with Gasteiger partial charge < -0.3 is 9.88 Å². The van der Waals surface area contributed by atoms with Gasteiger partial charge in [0.15, 0.2) is 0 Å². The molecule has 6 heteroatoms. The predicted octanol–water partition coefficient (Wildman–Crippen LogP) is 1.21. The number of pyridine rings is 1. The van der Waals surface area contributed by atoms with Crippen LogP contribution in [0.5, 0.6) is 0 Å². The van der Waals surface area contributed by atoms with Gasteiger partial charge in [0.25, 0.3) is 5.91 Å². The van der Waals surface area contributed by atoms with Crippen LogP contribution in [0.15, 0.2) is 30.7 Å². The Morgan fingerprint density at radius 1 is 1.50 bits per heavy atom. The van der Waals surface area contributed by atoms with Gasteiger partial charge in [0.05, 0.1) is 12.5 Å². The van der Waals surface area contributed by atoms with Crippen LogP contribution in [0.1, 0.15) is 10.5 Å². The molecule has 0 unspecified atom stereocenters. The predicted molar refractivity (Wildman–Crippen MR) is 55.4 cm³/mol. The van der Waals surface area contributed by atoms with Gasteiger partial charge >= 0.3 is 0 Å². The highest BCUT2D eigenvalue weighted by Gasteiger charge is 2.10. The van der Waals surface area contributed by atoms with Gasteiger partial charge in [-0.3, -0.25) is 4.79 Å². The molecule has 0 radical (unpaired) electrons. The second-order valence-corrected chi connectivity index (χ2v) is 3.19. The lowest BCUT2D eigenvalue weighted by molar-refractivity contribution is 0.101. The minimum atomic E-state index is -0.636. The summed E-state index contributed by atoms with van der Waals surface area (Å²) < 4.78 is 14.3. The van der Waals surface area contributed by atoms with Crippen molar-refractivity contribution >= 4 is 11.7 Å². The van der Waals surface area contributed by atoms with Gasteiger partial charge in [-0.25, -0.2) is 9.97 Å². The Morgan fingerprint density at radius 3 is 2.94 bits per heavy atom. The first-order valence-corrected chi connectivity index (χ1v) is 4.57. The molecule has 0 aromatic carbocycles. The topological polar surface area (TPSA) is 59.8 Å². The zero-order valence-electron chi connectivity index (χ0n) is 8.51. The quantitative estimate of drug-likeness (QED) is 0.774. The van der Waals surface area contributed by atoms with E-state index in [0.29, 0.717) is 5.69 Å². The third-order valence-corrected chi connectivity index (χ3v) is 2.01. The van der Waals surface area contributed by atoms with Crippen LogP contribution < -0.4 is 5.32 Å². The number of rotatable bonds is 2. The maximum Gasteiger partial charge on any atom is 0.275 e. The largest absolute Gasteiger partial charge is 0.330 e. The van der Waals surface area contributed by atoms with Crippen LogP contribution in [0.2, 0.25) is 0 Å². The standard InChI is InChI=1S/C10H9FN4O/c1-15-6-12-5-7(15)10(16)14-9-4-2-3-8(11)13-9/h2-6H,1H3,(H,13,14,16). The number of amides is 1. The first-order valence-electron chi connectivity index (χ1n) is 4.57. The van der Waals surface area contributed by atoms with Crippen LogP contribution in [0.4, 0.5) is 10.2 Å². The molecule has 0 saturated carbocycles. The van der Waals surface area contributed by atoms with Crippen LogP contribution in [0.3, 0.4) is 0 Å². The maximum atomic E-state index is 12.8. The van der Waals surface area contributed by atoms with Crippen LogP contribution in [-0.4, -0.2) is 20.4 Å². The molecule has 0 bridgehead atoms. The van der Waals surface area contributed by atoms with E-state index in [4.69, 9.17) is 0 Å². The minimum absolute atomic E-state index is 0.172. The van der Waals surface area contributed by atoms with Crippen molar-refractivity contribution in [1.82, 2.24) is 14.5 Å². The summed E-state index contributed by atoms with van der Waals surface area (Å²) in [7, 11) is 1.70. The van der Waals surface area contributed by atoms with Crippen molar-refractivity contribution < 1.29 is 9.18 Å². The number of imidazole rings is 1. The van der Waals surface area contributed by atoms with E-state index in [1.807, 2.05) is 0 Å². The second-order valence-electron chi connectivity index (χ2n) is 3.19. The lowest BCUT2D eigenvalue weighted by Gasteiger charge is -2.04. The average Bonchev–Trinajstić information content (AvgIpc) is 2.64. The highest BCUT2D eigenvalue weighted by Crippen LogP contribution is 2.06. The lowest BCUT2D eigenvalue weighted by atomic mass is 10.4. The average molecular weight is 220 g/mol. The maximum absolute atomic E-state index is 12.8. The van der Waals surface area contributed by atoms with Crippen LogP contribution in [-0.2, 0) is 7.05 Å². The van der Waals surface area contributed by atoms with Crippen molar-refractivity contribution in [1.29, 1.82) is 0 Å². The number of anilines is 1. The number of hydrogen-bond acceptors (Lipinski definition) is 3. The summed E-state index contributed by atoms with van der Waals surface area (Å²) in [5.41, 5.74) is 0.381. The van der Waals surface area contributed by atoms with Gasteiger partial charge in [0, 0.05) is 7.05 Å². The van der Waals surface area contributed by atoms with Crippen LogP contribution in [0.25, 0.3) is 0 Å². The van der Waals surface area contributed by atoms with Crippen molar-refractivity contribution in [3.63, 3.8) is 0 Å². The molecule has 0 spiro atoms. The number of halogens is 1. The SMILES string of the molecule is Cn1cncc1C(=O)Nc1cccc(F)n1. The zero-order chi connectivity index (χ0) is 11.5. The molecule has 0 aliphatic heterocycles. The molecule has 1 amide bonds. The first kappa shape index (κ1) is 10.3. The van der Waals surface area contributed by atoms with Crippen molar-refractivity contribution in [2.24, 2.45) is 7.05 Å². The summed E-state index contributed by atoms with van der Waals surface area (Å²) >= 11 is 0. The number of carbonyl (C=O) groups excluding carboxylic acids is 1. The van der Waals surface area contributed by atoms with Crippen LogP contribution in [0, 0.1) is 5.95 Å². The molecule has 82 valence electrons. The van der Waals surface area contributed by atoms with E-state index < -0.39 is 5.95 Å². The van der Waals surface area contributed by atoms with Gasteiger partial charge in [0.2, 0.25) is 5.95 Å². The Kier molecular flexibility index (Phi) is 2.63. The highest BCUT2D eigenvalue weighted by molar-refractivity contribution is 6.02. The molecule has 2 heterocycles. The molecule has 2 rings (SSSR count). The van der Waals surface area contributed by atoms with Gasteiger partial charge in [-0.15, -0.1) is 0 Å². The fraction of sp³-hybridized carbons (Fsp3) is 0.100. The van der Waals surface area contributed by atoms with E-state index in [-0.39, 0.29) is 11.7 Å². The molecule has 0 atom stereocenters. The molecule has 2 aromatic heterocycles.